The summed E-state index contributed by atoms with van der Waals surface area (Å²) >= 11 is 0. The van der Waals surface area contributed by atoms with E-state index in [9.17, 15) is 13.2 Å². The van der Waals surface area contributed by atoms with E-state index in [2.05, 4.69) is 4.72 Å². The number of carbonyl (C=O) groups is 1. The highest BCUT2D eigenvalue weighted by atomic mass is 32.2. The van der Waals surface area contributed by atoms with E-state index in [4.69, 9.17) is 9.47 Å². The zero-order valence-corrected chi connectivity index (χ0v) is 16.7. The number of anilines is 1. The minimum absolute atomic E-state index is 0.0826. The predicted octanol–water partition coefficient (Wildman–Crippen LogP) is 1.97. The van der Waals surface area contributed by atoms with Crippen molar-refractivity contribution in [3.05, 3.63) is 54.1 Å². The molecular weight excluding hydrogens is 380 g/mol. The Labute approximate surface area is 165 Å². The van der Waals surface area contributed by atoms with E-state index in [0.717, 1.165) is 17.7 Å². The molecule has 2 aromatic carbocycles. The van der Waals surface area contributed by atoms with Crippen LogP contribution < -0.4 is 14.4 Å². The number of carbonyl (C=O) groups excluding carboxylic acids is 1. The SMILES string of the molecule is COCCNS(=O)(=O)c1ccc(OCC(=O)N2c3ccccc3C[C@H]2C)cc1. The first-order chi connectivity index (χ1) is 13.4. The van der Waals surface area contributed by atoms with Gasteiger partial charge in [0.15, 0.2) is 6.61 Å². The average molecular weight is 404 g/mol. The summed E-state index contributed by atoms with van der Waals surface area (Å²) in [5.74, 6) is 0.305. The van der Waals surface area contributed by atoms with Crippen molar-refractivity contribution in [3.63, 3.8) is 0 Å². The molecule has 0 aliphatic carbocycles. The molecule has 0 bridgehead atoms. The zero-order valence-electron chi connectivity index (χ0n) is 15.9. The fourth-order valence-electron chi connectivity index (χ4n) is 3.24. The van der Waals surface area contributed by atoms with Crippen molar-refractivity contribution in [2.45, 2.75) is 24.3 Å². The van der Waals surface area contributed by atoms with Crippen LogP contribution in [0.25, 0.3) is 0 Å². The summed E-state index contributed by atoms with van der Waals surface area (Å²) in [7, 11) is -2.09. The molecule has 2 aromatic rings. The highest BCUT2D eigenvalue weighted by Gasteiger charge is 2.30. The second-order valence-corrected chi connectivity index (χ2v) is 8.36. The Morgan fingerprint density at radius 1 is 1.18 bits per heavy atom. The lowest BCUT2D eigenvalue weighted by atomic mass is 10.1. The maximum absolute atomic E-state index is 12.6. The van der Waals surface area contributed by atoms with Crippen LogP contribution in [0, 0.1) is 0 Å². The lowest BCUT2D eigenvalue weighted by Crippen LogP contribution is -2.39. The molecule has 1 N–H and O–H groups in total. The molecule has 0 unspecified atom stereocenters. The second-order valence-electron chi connectivity index (χ2n) is 6.60. The number of methoxy groups -OCH3 is 1. The number of rotatable bonds is 8. The first-order valence-electron chi connectivity index (χ1n) is 9.04. The van der Waals surface area contributed by atoms with Crippen molar-refractivity contribution < 1.29 is 22.7 Å². The number of benzene rings is 2. The molecule has 1 aliphatic heterocycles. The Morgan fingerprint density at radius 3 is 2.61 bits per heavy atom. The Balaban J connectivity index is 1.60. The number of hydrogen-bond donors (Lipinski definition) is 1. The molecule has 1 heterocycles. The third-order valence-electron chi connectivity index (χ3n) is 4.57. The molecule has 7 nitrogen and oxygen atoms in total. The van der Waals surface area contributed by atoms with E-state index in [1.165, 1.54) is 19.2 Å². The zero-order chi connectivity index (χ0) is 20.1. The average Bonchev–Trinajstić information content (AvgIpc) is 3.02. The van der Waals surface area contributed by atoms with E-state index in [1.807, 2.05) is 31.2 Å². The van der Waals surface area contributed by atoms with Crippen LogP contribution in [0.3, 0.4) is 0 Å². The molecule has 3 rings (SSSR count). The molecule has 8 heteroatoms. The third-order valence-corrected chi connectivity index (χ3v) is 6.05. The van der Waals surface area contributed by atoms with Gasteiger partial charge in [0.05, 0.1) is 11.5 Å². The summed E-state index contributed by atoms with van der Waals surface area (Å²) < 4.78 is 37.1. The van der Waals surface area contributed by atoms with Crippen molar-refractivity contribution in [1.82, 2.24) is 4.72 Å². The van der Waals surface area contributed by atoms with E-state index in [-0.39, 0.29) is 30.0 Å². The maximum atomic E-state index is 12.6. The number of fused-ring (bicyclic) bond motifs is 1. The molecule has 1 atom stereocenters. The van der Waals surface area contributed by atoms with Crippen LogP contribution in [0.4, 0.5) is 5.69 Å². The molecule has 28 heavy (non-hydrogen) atoms. The minimum Gasteiger partial charge on any atom is -0.484 e. The fraction of sp³-hybridized carbons (Fsp3) is 0.350. The fourth-order valence-corrected chi connectivity index (χ4v) is 4.25. The van der Waals surface area contributed by atoms with Crippen molar-refractivity contribution in [2.75, 3.05) is 31.8 Å². The summed E-state index contributed by atoms with van der Waals surface area (Å²) in [4.78, 5) is 14.5. The van der Waals surface area contributed by atoms with E-state index >= 15 is 0 Å². The van der Waals surface area contributed by atoms with Crippen molar-refractivity contribution in [1.29, 1.82) is 0 Å². The van der Waals surface area contributed by atoms with Gasteiger partial charge in [-0.15, -0.1) is 0 Å². The van der Waals surface area contributed by atoms with E-state index < -0.39 is 10.0 Å². The van der Waals surface area contributed by atoms with Gasteiger partial charge in [0.25, 0.3) is 5.91 Å². The summed E-state index contributed by atoms with van der Waals surface area (Å²) in [6.45, 7) is 2.38. The van der Waals surface area contributed by atoms with Gasteiger partial charge >= 0.3 is 0 Å². The number of para-hydroxylation sites is 1. The van der Waals surface area contributed by atoms with Crippen LogP contribution in [0.1, 0.15) is 12.5 Å². The highest BCUT2D eigenvalue weighted by molar-refractivity contribution is 7.89. The molecule has 0 spiro atoms. The number of sulfonamides is 1. The summed E-state index contributed by atoms with van der Waals surface area (Å²) in [6.07, 6.45) is 0.824. The lowest BCUT2D eigenvalue weighted by Gasteiger charge is -2.22. The Bertz CT molecular complexity index is 928. The standard InChI is InChI=1S/C20H24N2O5S/c1-15-13-16-5-3-4-6-19(16)22(15)20(23)14-27-17-7-9-18(10-8-17)28(24,25)21-11-12-26-2/h3-10,15,21H,11-14H2,1-2H3/t15-/m1/s1. The molecule has 150 valence electrons. The number of ether oxygens (including phenoxy) is 2. The van der Waals surface area contributed by atoms with Gasteiger partial charge in [0.2, 0.25) is 10.0 Å². The molecule has 0 saturated carbocycles. The van der Waals surface area contributed by atoms with Gasteiger partial charge < -0.3 is 14.4 Å². The first kappa shape index (κ1) is 20.3. The molecule has 1 aliphatic rings. The van der Waals surface area contributed by atoms with Gasteiger partial charge in [-0.05, 0) is 49.2 Å². The Kier molecular flexibility index (Phi) is 6.33. The monoisotopic (exact) mass is 404 g/mol. The van der Waals surface area contributed by atoms with Gasteiger partial charge in [-0.3, -0.25) is 4.79 Å². The largest absolute Gasteiger partial charge is 0.484 e. The van der Waals surface area contributed by atoms with Crippen LogP contribution in [0.5, 0.6) is 5.75 Å². The molecule has 0 saturated heterocycles. The normalized spacial score (nSPS) is 16.1. The Hall–Kier alpha value is -2.42. The summed E-state index contributed by atoms with van der Waals surface area (Å²) in [5.41, 5.74) is 2.08. The van der Waals surface area contributed by atoms with E-state index in [0.29, 0.717) is 12.4 Å². The smallest absolute Gasteiger partial charge is 0.265 e. The van der Waals surface area contributed by atoms with Gasteiger partial charge in [-0.1, -0.05) is 18.2 Å². The van der Waals surface area contributed by atoms with Crippen molar-refractivity contribution in [3.8, 4) is 5.75 Å². The van der Waals surface area contributed by atoms with Gasteiger partial charge in [0, 0.05) is 25.4 Å². The third kappa shape index (κ3) is 4.52. The maximum Gasteiger partial charge on any atom is 0.265 e. The van der Waals surface area contributed by atoms with Crippen molar-refractivity contribution >= 4 is 21.6 Å². The molecular formula is C20H24N2O5S. The number of nitrogens with zero attached hydrogens (tertiary/aromatic N) is 1. The highest BCUT2D eigenvalue weighted by Crippen LogP contribution is 2.31. The molecule has 0 aromatic heterocycles. The van der Waals surface area contributed by atoms with Crippen LogP contribution in [0.2, 0.25) is 0 Å². The molecule has 0 radical (unpaired) electrons. The van der Waals surface area contributed by atoms with Gasteiger partial charge in [-0.2, -0.15) is 0 Å². The number of nitrogens with one attached hydrogen (secondary N) is 1. The molecule has 0 fully saturated rings. The van der Waals surface area contributed by atoms with Crippen LogP contribution in [-0.2, 0) is 26.0 Å². The number of hydrogen-bond acceptors (Lipinski definition) is 5. The Morgan fingerprint density at radius 2 is 1.89 bits per heavy atom. The van der Waals surface area contributed by atoms with Crippen LogP contribution in [0.15, 0.2) is 53.4 Å². The van der Waals surface area contributed by atoms with Gasteiger partial charge in [0.1, 0.15) is 5.75 Å². The van der Waals surface area contributed by atoms with Gasteiger partial charge in [-0.25, -0.2) is 13.1 Å². The topological polar surface area (TPSA) is 84.9 Å². The van der Waals surface area contributed by atoms with Crippen molar-refractivity contribution in [2.24, 2.45) is 0 Å². The second kappa shape index (κ2) is 8.72. The first-order valence-corrected chi connectivity index (χ1v) is 10.5. The quantitative estimate of drug-likeness (QED) is 0.680. The van der Waals surface area contributed by atoms with E-state index in [1.54, 1.807) is 17.0 Å². The predicted molar refractivity (Wildman–Crippen MR) is 106 cm³/mol. The van der Waals surface area contributed by atoms with Crippen LogP contribution in [-0.4, -0.2) is 47.2 Å². The lowest BCUT2D eigenvalue weighted by molar-refractivity contribution is -0.120. The van der Waals surface area contributed by atoms with Crippen LogP contribution >= 0.6 is 0 Å². The molecule has 1 amide bonds. The summed E-state index contributed by atoms with van der Waals surface area (Å²) in [6, 6.07) is 13.9. The summed E-state index contributed by atoms with van der Waals surface area (Å²) in [5, 5.41) is 0. The number of amides is 1. The minimum atomic E-state index is -3.60.